The van der Waals surface area contributed by atoms with E-state index in [2.05, 4.69) is 21.2 Å². The molecule has 0 aliphatic carbocycles. The first-order valence-electron chi connectivity index (χ1n) is 5.52. The van der Waals surface area contributed by atoms with Gasteiger partial charge in [-0.05, 0) is 18.6 Å². The molecule has 1 amide bonds. The lowest BCUT2D eigenvalue weighted by Crippen LogP contribution is -2.26. The topological polar surface area (TPSA) is 38.3 Å². The fraction of sp³-hybridized carbons (Fsp3) is 0.417. The van der Waals surface area contributed by atoms with Crippen LogP contribution in [-0.4, -0.2) is 31.0 Å². The zero-order valence-corrected chi connectivity index (χ0v) is 12.1. The van der Waals surface area contributed by atoms with Crippen molar-refractivity contribution in [2.75, 3.05) is 25.1 Å². The van der Waals surface area contributed by atoms with E-state index in [1.54, 1.807) is 6.07 Å². The second kappa shape index (κ2) is 8.45. The molecule has 0 aliphatic rings. The van der Waals surface area contributed by atoms with Gasteiger partial charge >= 0.3 is 0 Å². The molecule has 0 saturated carbocycles. The number of carbonyl (C=O) groups excluding carboxylic acids is 1. The van der Waals surface area contributed by atoms with Crippen molar-refractivity contribution < 1.29 is 13.9 Å². The van der Waals surface area contributed by atoms with Gasteiger partial charge in [0.2, 0.25) is 0 Å². The standard InChI is InChI=1S/C12H14BrClFNO2/c13-5-8-18-7-2-6-16-12(17)9-3-1-4-10(14)11(9)15/h1,3-4H,2,5-8H2,(H,16,17). The summed E-state index contributed by atoms with van der Waals surface area (Å²) in [6.45, 7) is 1.63. The first kappa shape index (κ1) is 15.4. The Hall–Kier alpha value is -0.650. The highest BCUT2D eigenvalue weighted by molar-refractivity contribution is 9.09. The van der Waals surface area contributed by atoms with Crippen LogP contribution >= 0.6 is 27.5 Å². The van der Waals surface area contributed by atoms with E-state index in [0.29, 0.717) is 26.2 Å². The molecule has 0 unspecified atom stereocenters. The van der Waals surface area contributed by atoms with Gasteiger partial charge in [-0.2, -0.15) is 0 Å². The Morgan fingerprint density at radius 1 is 1.44 bits per heavy atom. The van der Waals surface area contributed by atoms with E-state index in [9.17, 15) is 9.18 Å². The van der Waals surface area contributed by atoms with Crippen molar-refractivity contribution in [3.8, 4) is 0 Å². The second-order valence-corrected chi connectivity index (χ2v) is 4.71. The minimum atomic E-state index is -0.688. The van der Waals surface area contributed by atoms with Crippen molar-refractivity contribution in [1.29, 1.82) is 0 Å². The van der Waals surface area contributed by atoms with Gasteiger partial charge in [-0.15, -0.1) is 0 Å². The van der Waals surface area contributed by atoms with Gasteiger partial charge in [-0.1, -0.05) is 33.6 Å². The Morgan fingerprint density at radius 3 is 2.94 bits per heavy atom. The number of carbonyl (C=O) groups is 1. The first-order chi connectivity index (χ1) is 8.66. The maximum absolute atomic E-state index is 13.5. The van der Waals surface area contributed by atoms with Crippen molar-refractivity contribution in [3.05, 3.63) is 34.6 Å². The molecule has 18 heavy (non-hydrogen) atoms. The molecule has 1 N–H and O–H groups in total. The molecule has 1 rings (SSSR count). The Bertz CT molecular complexity index is 404. The number of hydrogen-bond donors (Lipinski definition) is 1. The fourth-order valence-corrected chi connectivity index (χ4v) is 1.71. The van der Waals surface area contributed by atoms with E-state index >= 15 is 0 Å². The Morgan fingerprint density at radius 2 is 2.22 bits per heavy atom. The zero-order chi connectivity index (χ0) is 13.4. The van der Waals surface area contributed by atoms with Crippen molar-refractivity contribution in [3.63, 3.8) is 0 Å². The Labute approximate surface area is 119 Å². The van der Waals surface area contributed by atoms with E-state index in [0.717, 1.165) is 5.33 Å². The molecule has 0 fully saturated rings. The van der Waals surface area contributed by atoms with Gasteiger partial charge in [0.05, 0.1) is 17.2 Å². The number of ether oxygens (including phenoxy) is 1. The number of nitrogens with one attached hydrogen (secondary N) is 1. The summed E-state index contributed by atoms with van der Waals surface area (Å²) in [5, 5.41) is 3.35. The molecule has 0 radical (unpaired) electrons. The van der Waals surface area contributed by atoms with Gasteiger partial charge in [0, 0.05) is 18.5 Å². The Balaban J connectivity index is 2.35. The van der Waals surface area contributed by atoms with Crippen LogP contribution in [0.4, 0.5) is 4.39 Å². The van der Waals surface area contributed by atoms with Gasteiger partial charge < -0.3 is 10.1 Å². The van der Waals surface area contributed by atoms with E-state index in [4.69, 9.17) is 16.3 Å². The van der Waals surface area contributed by atoms with Gasteiger partial charge in [0.1, 0.15) is 0 Å². The molecule has 0 aromatic heterocycles. The average Bonchev–Trinajstić information content (AvgIpc) is 2.36. The molecule has 0 bridgehead atoms. The first-order valence-corrected chi connectivity index (χ1v) is 7.02. The molecular weight excluding hydrogens is 324 g/mol. The van der Waals surface area contributed by atoms with E-state index in [1.165, 1.54) is 12.1 Å². The summed E-state index contributed by atoms with van der Waals surface area (Å²) < 4.78 is 18.7. The highest BCUT2D eigenvalue weighted by Gasteiger charge is 2.13. The van der Waals surface area contributed by atoms with Crippen LogP contribution in [0.25, 0.3) is 0 Å². The average molecular weight is 339 g/mol. The van der Waals surface area contributed by atoms with Gasteiger partial charge in [-0.3, -0.25) is 4.79 Å². The van der Waals surface area contributed by atoms with Crippen LogP contribution in [-0.2, 0) is 4.74 Å². The number of amides is 1. The normalized spacial score (nSPS) is 10.4. The minimum Gasteiger partial charge on any atom is -0.381 e. The quantitative estimate of drug-likeness (QED) is 0.613. The van der Waals surface area contributed by atoms with Gasteiger partial charge in [-0.25, -0.2) is 4.39 Å². The molecule has 0 atom stereocenters. The molecule has 0 saturated heterocycles. The van der Waals surface area contributed by atoms with E-state index in [-0.39, 0.29) is 10.6 Å². The van der Waals surface area contributed by atoms with Crippen LogP contribution in [0.5, 0.6) is 0 Å². The maximum Gasteiger partial charge on any atom is 0.254 e. The van der Waals surface area contributed by atoms with Crippen molar-refractivity contribution in [2.24, 2.45) is 0 Å². The summed E-state index contributed by atoms with van der Waals surface area (Å²) in [6.07, 6.45) is 0.681. The number of halogens is 3. The zero-order valence-electron chi connectivity index (χ0n) is 9.72. The maximum atomic E-state index is 13.5. The molecule has 1 aromatic carbocycles. The smallest absolute Gasteiger partial charge is 0.254 e. The minimum absolute atomic E-state index is 0.0381. The number of hydrogen-bond acceptors (Lipinski definition) is 2. The third kappa shape index (κ3) is 4.92. The lowest BCUT2D eigenvalue weighted by molar-refractivity contribution is 0.0940. The van der Waals surface area contributed by atoms with Crippen LogP contribution in [0.2, 0.25) is 5.02 Å². The molecule has 0 heterocycles. The van der Waals surface area contributed by atoms with Crippen LogP contribution in [0.3, 0.4) is 0 Å². The molecule has 0 aliphatic heterocycles. The molecule has 100 valence electrons. The predicted molar refractivity (Wildman–Crippen MR) is 73.0 cm³/mol. The summed E-state index contributed by atoms with van der Waals surface area (Å²) >= 11 is 8.84. The van der Waals surface area contributed by atoms with Crippen molar-refractivity contribution in [1.82, 2.24) is 5.32 Å². The van der Waals surface area contributed by atoms with Crippen LogP contribution in [0.1, 0.15) is 16.8 Å². The molecule has 3 nitrogen and oxygen atoms in total. The lowest BCUT2D eigenvalue weighted by atomic mass is 10.2. The van der Waals surface area contributed by atoms with Gasteiger partial charge in [0.15, 0.2) is 5.82 Å². The monoisotopic (exact) mass is 337 g/mol. The number of benzene rings is 1. The largest absolute Gasteiger partial charge is 0.381 e. The van der Waals surface area contributed by atoms with E-state index in [1.807, 2.05) is 0 Å². The summed E-state index contributed by atoms with van der Waals surface area (Å²) in [5.41, 5.74) is -0.0381. The highest BCUT2D eigenvalue weighted by Crippen LogP contribution is 2.17. The molecule has 6 heteroatoms. The van der Waals surface area contributed by atoms with Crippen LogP contribution < -0.4 is 5.32 Å². The van der Waals surface area contributed by atoms with Crippen LogP contribution in [0.15, 0.2) is 18.2 Å². The lowest BCUT2D eigenvalue weighted by Gasteiger charge is -2.07. The predicted octanol–water partition coefficient (Wildman–Crippen LogP) is 3.01. The van der Waals surface area contributed by atoms with Crippen molar-refractivity contribution >= 4 is 33.4 Å². The Kier molecular flexibility index (Phi) is 7.23. The number of alkyl halides is 1. The van der Waals surface area contributed by atoms with Crippen LogP contribution in [0, 0.1) is 5.82 Å². The van der Waals surface area contributed by atoms with Crippen molar-refractivity contribution in [2.45, 2.75) is 6.42 Å². The molecular formula is C12H14BrClFNO2. The van der Waals surface area contributed by atoms with Gasteiger partial charge in [0.25, 0.3) is 5.91 Å². The van der Waals surface area contributed by atoms with E-state index < -0.39 is 11.7 Å². The SMILES string of the molecule is O=C(NCCCOCCBr)c1cccc(Cl)c1F. The number of rotatable bonds is 7. The highest BCUT2D eigenvalue weighted by atomic mass is 79.9. The fourth-order valence-electron chi connectivity index (χ4n) is 1.31. The summed E-state index contributed by atoms with van der Waals surface area (Å²) in [6, 6.07) is 4.35. The third-order valence-electron chi connectivity index (χ3n) is 2.17. The summed E-state index contributed by atoms with van der Waals surface area (Å²) in [7, 11) is 0. The summed E-state index contributed by atoms with van der Waals surface area (Å²) in [5.74, 6) is -1.15. The summed E-state index contributed by atoms with van der Waals surface area (Å²) in [4.78, 5) is 11.6. The molecule has 0 spiro atoms. The molecule has 1 aromatic rings. The second-order valence-electron chi connectivity index (χ2n) is 3.51. The third-order valence-corrected chi connectivity index (χ3v) is 2.78.